The van der Waals surface area contributed by atoms with E-state index in [2.05, 4.69) is 6.92 Å². The summed E-state index contributed by atoms with van der Waals surface area (Å²) < 4.78 is 4.95. The first-order valence-electron chi connectivity index (χ1n) is 4.52. The third-order valence-electron chi connectivity index (χ3n) is 1.68. The van der Waals surface area contributed by atoms with E-state index in [1.165, 1.54) is 12.2 Å². The Labute approximate surface area is 79.7 Å². The second-order valence-corrected chi connectivity index (χ2v) is 4.44. The van der Waals surface area contributed by atoms with Crippen LogP contribution in [0, 0.1) is 0 Å². The summed E-state index contributed by atoms with van der Waals surface area (Å²) in [6.45, 7) is 3.35. The van der Waals surface area contributed by atoms with Crippen molar-refractivity contribution in [3.05, 3.63) is 0 Å². The van der Waals surface area contributed by atoms with Crippen LogP contribution in [0.5, 0.6) is 0 Å². The van der Waals surface area contributed by atoms with Crippen LogP contribution in [0.2, 0.25) is 0 Å². The number of aliphatic hydroxyl groups is 1. The van der Waals surface area contributed by atoms with Crippen LogP contribution in [0.25, 0.3) is 0 Å². The minimum atomic E-state index is 0.312. The van der Waals surface area contributed by atoms with Gasteiger partial charge < -0.3 is 9.84 Å². The Balaban J connectivity index is 2.97. The van der Waals surface area contributed by atoms with Gasteiger partial charge in [0.05, 0.1) is 0 Å². The molecule has 0 spiro atoms. The van der Waals surface area contributed by atoms with Crippen LogP contribution in [0.15, 0.2) is 0 Å². The molecule has 0 heterocycles. The van der Waals surface area contributed by atoms with Crippen LogP contribution in [-0.4, -0.2) is 36.4 Å². The summed E-state index contributed by atoms with van der Waals surface area (Å²) in [5, 5.41) is 9.24. The number of hydrogen-bond acceptors (Lipinski definition) is 3. The highest BCUT2D eigenvalue weighted by Gasteiger charge is 2.00. The molecule has 0 rings (SSSR count). The molecule has 1 N–H and O–H groups in total. The van der Waals surface area contributed by atoms with E-state index in [0.29, 0.717) is 11.9 Å². The Kier molecular flexibility index (Phi) is 9.57. The van der Waals surface area contributed by atoms with Gasteiger partial charge in [0.15, 0.2) is 0 Å². The fourth-order valence-electron chi connectivity index (χ4n) is 0.898. The molecule has 0 amide bonds. The third-order valence-corrected chi connectivity index (χ3v) is 3.01. The molecule has 74 valence electrons. The van der Waals surface area contributed by atoms with Crippen LogP contribution >= 0.6 is 11.8 Å². The zero-order valence-corrected chi connectivity index (χ0v) is 8.90. The Morgan fingerprint density at radius 1 is 1.42 bits per heavy atom. The van der Waals surface area contributed by atoms with Crippen molar-refractivity contribution < 1.29 is 9.84 Å². The second kappa shape index (κ2) is 9.36. The zero-order valence-electron chi connectivity index (χ0n) is 8.08. The van der Waals surface area contributed by atoms with Crippen LogP contribution < -0.4 is 0 Å². The molecule has 0 aliphatic carbocycles. The lowest BCUT2D eigenvalue weighted by Crippen LogP contribution is -2.01. The number of rotatable bonds is 8. The van der Waals surface area contributed by atoms with Gasteiger partial charge >= 0.3 is 0 Å². The maximum atomic E-state index is 8.64. The second-order valence-electron chi connectivity index (χ2n) is 2.89. The minimum absolute atomic E-state index is 0.312. The van der Waals surface area contributed by atoms with Gasteiger partial charge in [-0.1, -0.05) is 6.92 Å². The minimum Gasteiger partial charge on any atom is -0.396 e. The molecule has 0 aromatic heterocycles. The lowest BCUT2D eigenvalue weighted by Gasteiger charge is -2.08. The van der Waals surface area contributed by atoms with E-state index < -0.39 is 0 Å². The number of aliphatic hydroxyl groups excluding tert-OH is 1. The van der Waals surface area contributed by atoms with E-state index in [1.807, 2.05) is 11.8 Å². The van der Waals surface area contributed by atoms with Gasteiger partial charge in [0, 0.05) is 25.6 Å². The highest BCUT2D eigenvalue weighted by molar-refractivity contribution is 7.99. The fourth-order valence-corrected chi connectivity index (χ4v) is 1.94. The SMILES string of the molecule is COCCCCSC(C)CCO. The van der Waals surface area contributed by atoms with Gasteiger partial charge in [-0.3, -0.25) is 0 Å². The molecule has 0 aliphatic rings. The molecule has 1 unspecified atom stereocenters. The number of methoxy groups -OCH3 is 1. The first-order chi connectivity index (χ1) is 5.81. The van der Waals surface area contributed by atoms with E-state index in [-0.39, 0.29) is 0 Å². The molecule has 0 saturated heterocycles. The molecule has 0 bridgehead atoms. The summed E-state index contributed by atoms with van der Waals surface area (Å²) >= 11 is 1.94. The average Bonchev–Trinajstić information content (AvgIpc) is 2.05. The normalized spacial score (nSPS) is 13.2. The van der Waals surface area contributed by atoms with Crippen LogP contribution in [0.4, 0.5) is 0 Å². The number of thioether (sulfide) groups is 1. The van der Waals surface area contributed by atoms with Gasteiger partial charge in [-0.15, -0.1) is 0 Å². The molecular weight excluding hydrogens is 172 g/mol. The topological polar surface area (TPSA) is 29.5 Å². The van der Waals surface area contributed by atoms with Crippen molar-refractivity contribution >= 4 is 11.8 Å². The number of hydrogen-bond donors (Lipinski definition) is 1. The molecule has 0 aromatic rings. The molecule has 12 heavy (non-hydrogen) atoms. The monoisotopic (exact) mass is 192 g/mol. The van der Waals surface area contributed by atoms with E-state index >= 15 is 0 Å². The standard InChI is InChI=1S/C9H20O2S/c1-9(5-6-10)12-8-4-3-7-11-2/h9-10H,3-8H2,1-2H3. The predicted molar refractivity (Wildman–Crippen MR) is 54.7 cm³/mol. The smallest absolute Gasteiger partial charge is 0.0462 e. The molecule has 0 radical (unpaired) electrons. The van der Waals surface area contributed by atoms with E-state index in [9.17, 15) is 0 Å². The number of ether oxygens (including phenoxy) is 1. The highest BCUT2D eigenvalue weighted by atomic mass is 32.2. The molecule has 0 fully saturated rings. The Morgan fingerprint density at radius 3 is 2.75 bits per heavy atom. The van der Waals surface area contributed by atoms with Crippen molar-refractivity contribution in [1.82, 2.24) is 0 Å². The molecule has 1 atom stereocenters. The van der Waals surface area contributed by atoms with Gasteiger partial charge in [0.25, 0.3) is 0 Å². The van der Waals surface area contributed by atoms with Crippen LogP contribution in [0.3, 0.4) is 0 Å². The van der Waals surface area contributed by atoms with Crippen LogP contribution in [-0.2, 0) is 4.74 Å². The average molecular weight is 192 g/mol. The fraction of sp³-hybridized carbons (Fsp3) is 1.00. The molecule has 0 saturated carbocycles. The first-order valence-corrected chi connectivity index (χ1v) is 5.57. The molecule has 0 aliphatic heterocycles. The summed E-state index contributed by atoms with van der Waals surface area (Å²) in [6.07, 6.45) is 3.28. The molecule has 2 nitrogen and oxygen atoms in total. The maximum Gasteiger partial charge on any atom is 0.0462 e. The van der Waals surface area contributed by atoms with Crippen molar-refractivity contribution in [2.75, 3.05) is 26.1 Å². The summed E-state index contributed by atoms with van der Waals surface area (Å²) in [7, 11) is 1.74. The summed E-state index contributed by atoms with van der Waals surface area (Å²) in [4.78, 5) is 0. The van der Waals surface area contributed by atoms with Crippen molar-refractivity contribution in [2.45, 2.75) is 31.4 Å². The van der Waals surface area contributed by atoms with Gasteiger partial charge in [-0.05, 0) is 25.0 Å². The molecule has 0 aromatic carbocycles. The lowest BCUT2D eigenvalue weighted by molar-refractivity contribution is 0.194. The van der Waals surface area contributed by atoms with Crippen LogP contribution in [0.1, 0.15) is 26.2 Å². The summed E-state index contributed by atoms with van der Waals surface area (Å²) in [5.74, 6) is 1.19. The maximum absolute atomic E-state index is 8.64. The van der Waals surface area contributed by atoms with Gasteiger partial charge in [0.1, 0.15) is 0 Å². The Morgan fingerprint density at radius 2 is 2.17 bits per heavy atom. The van der Waals surface area contributed by atoms with E-state index in [0.717, 1.165) is 19.4 Å². The first kappa shape index (κ1) is 12.3. The van der Waals surface area contributed by atoms with Crippen molar-refractivity contribution in [1.29, 1.82) is 0 Å². The van der Waals surface area contributed by atoms with Gasteiger partial charge in [-0.2, -0.15) is 11.8 Å². The Bertz CT molecular complexity index is 88.6. The van der Waals surface area contributed by atoms with Gasteiger partial charge in [0.2, 0.25) is 0 Å². The van der Waals surface area contributed by atoms with Crippen molar-refractivity contribution in [3.63, 3.8) is 0 Å². The number of unbranched alkanes of at least 4 members (excludes halogenated alkanes) is 1. The van der Waals surface area contributed by atoms with E-state index in [4.69, 9.17) is 9.84 Å². The highest BCUT2D eigenvalue weighted by Crippen LogP contribution is 2.15. The van der Waals surface area contributed by atoms with Crippen molar-refractivity contribution in [2.24, 2.45) is 0 Å². The third kappa shape index (κ3) is 8.37. The molecule has 3 heteroatoms. The quantitative estimate of drug-likeness (QED) is 0.596. The Hall–Kier alpha value is 0.270. The predicted octanol–water partition coefficient (Wildman–Crippen LogP) is 1.92. The zero-order chi connectivity index (χ0) is 9.23. The molecular formula is C9H20O2S. The van der Waals surface area contributed by atoms with Gasteiger partial charge in [-0.25, -0.2) is 0 Å². The van der Waals surface area contributed by atoms with E-state index in [1.54, 1.807) is 7.11 Å². The largest absolute Gasteiger partial charge is 0.396 e. The summed E-state index contributed by atoms with van der Waals surface area (Å²) in [6, 6.07) is 0. The summed E-state index contributed by atoms with van der Waals surface area (Å²) in [5.41, 5.74) is 0. The lowest BCUT2D eigenvalue weighted by atomic mass is 10.3. The van der Waals surface area contributed by atoms with Crippen molar-refractivity contribution in [3.8, 4) is 0 Å².